The fraction of sp³-hybridized carbons (Fsp3) is 0.467. The molecule has 2 atom stereocenters. The van der Waals surface area contributed by atoms with Gasteiger partial charge in [-0.2, -0.15) is 0 Å². The molecule has 0 radical (unpaired) electrons. The van der Waals surface area contributed by atoms with Crippen LogP contribution in [-0.2, 0) is 0 Å². The van der Waals surface area contributed by atoms with Gasteiger partial charge in [-0.25, -0.2) is 0 Å². The van der Waals surface area contributed by atoms with Gasteiger partial charge in [-0.15, -0.1) is 0 Å². The smallest absolute Gasteiger partial charge is 0.0121 e. The van der Waals surface area contributed by atoms with E-state index in [0.29, 0.717) is 5.92 Å². The van der Waals surface area contributed by atoms with Crippen molar-refractivity contribution in [2.75, 3.05) is 0 Å². The highest BCUT2D eigenvalue weighted by Crippen LogP contribution is 2.36. The standard InChI is InChI=1S/C15H20/c1-11(2)10-14-9-8-13-6-4-5-7-15(13)12(14)3/h4-9,11-12,14H,10H2,1-3H3. The Morgan fingerprint density at radius 1 is 1.20 bits per heavy atom. The second-order valence-corrected chi connectivity index (χ2v) is 5.07. The fourth-order valence-electron chi connectivity index (χ4n) is 2.53. The van der Waals surface area contributed by atoms with Gasteiger partial charge in [0, 0.05) is 0 Å². The van der Waals surface area contributed by atoms with E-state index >= 15 is 0 Å². The van der Waals surface area contributed by atoms with Gasteiger partial charge in [0.05, 0.1) is 0 Å². The minimum Gasteiger partial charge on any atom is -0.0802 e. The molecule has 0 N–H and O–H groups in total. The zero-order valence-corrected chi connectivity index (χ0v) is 9.90. The summed E-state index contributed by atoms with van der Waals surface area (Å²) < 4.78 is 0. The minimum absolute atomic E-state index is 0.675. The largest absolute Gasteiger partial charge is 0.0802 e. The summed E-state index contributed by atoms with van der Waals surface area (Å²) in [6.45, 7) is 6.97. The van der Waals surface area contributed by atoms with Crippen molar-refractivity contribution in [1.82, 2.24) is 0 Å². The van der Waals surface area contributed by atoms with Crippen LogP contribution in [0.5, 0.6) is 0 Å². The first-order chi connectivity index (χ1) is 7.18. The third-order valence-electron chi connectivity index (χ3n) is 3.40. The molecule has 0 heteroatoms. The fourth-order valence-corrected chi connectivity index (χ4v) is 2.53. The number of rotatable bonds is 2. The average Bonchev–Trinajstić information content (AvgIpc) is 2.22. The molecule has 2 unspecified atom stereocenters. The number of hydrogen-bond donors (Lipinski definition) is 0. The van der Waals surface area contributed by atoms with Crippen LogP contribution in [0.3, 0.4) is 0 Å². The Morgan fingerprint density at radius 3 is 2.67 bits per heavy atom. The molecule has 0 aromatic heterocycles. The van der Waals surface area contributed by atoms with Crippen LogP contribution >= 0.6 is 0 Å². The van der Waals surface area contributed by atoms with Gasteiger partial charge in [0.15, 0.2) is 0 Å². The zero-order valence-electron chi connectivity index (χ0n) is 9.90. The Hall–Kier alpha value is -1.04. The molecule has 0 saturated carbocycles. The highest BCUT2D eigenvalue weighted by Gasteiger charge is 2.22. The van der Waals surface area contributed by atoms with Crippen molar-refractivity contribution in [2.24, 2.45) is 11.8 Å². The van der Waals surface area contributed by atoms with Gasteiger partial charge < -0.3 is 0 Å². The lowest BCUT2D eigenvalue weighted by Gasteiger charge is -2.28. The van der Waals surface area contributed by atoms with Crippen molar-refractivity contribution in [3.63, 3.8) is 0 Å². The second-order valence-electron chi connectivity index (χ2n) is 5.07. The predicted octanol–water partition coefficient (Wildman–Crippen LogP) is 4.48. The minimum atomic E-state index is 0.675. The Morgan fingerprint density at radius 2 is 1.93 bits per heavy atom. The van der Waals surface area contributed by atoms with Gasteiger partial charge in [-0.05, 0) is 35.3 Å². The molecule has 0 aliphatic heterocycles. The molecule has 0 heterocycles. The monoisotopic (exact) mass is 200 g/mol. The maximum atomic E-state index is 2.40. The summed E-state index contributed by atoms with van der Waals surface area (Å²) in [5.41, 5.74) is 2.93. The first-order valence-electron chi connectivity index (χ1n) is 5.95. The highest BCUT2D eigenvalue weighted by molar-refractivity contribution is 5.58. The van der Waals surface area contributed by atoms with Gasteiger partial charge in [-0.1, -0.05) is 57.2 Å². The molecule has 1 aliphatic rings. The van der Waals surface area contributed by atoms with Crippen molar-refractivity contribution in [3.05, 3.63) is 41.5 Å². The zero-order chi connectivity index (χ0) is 10.8. The maximum absolute atomic E-state index is 2.40. The molecular weight excluding hydrogens is 180 g/mol. The lowest BCUT2D eigenvalue weighted by molar-refractivity contribution is 0.423. The van der Waals surface area contributed by atoms with Gasteiger partial charge in [0.25, 0.3) is 0 Å². The van der Waals surface area contributed by atoms with Crippen LogP contribution in [0.1, 0.15) is 44.2 Å². The summed E-state index contributed by atoms with van der Waals surface area (Å²) in [7, 11) is 0. The van der Waals surface area contributed by atoms with Crippen molar-refractivity contribution in [1.29, 1.82) is 0 Å². The lowest BCUT2D eigenvalue weighted by atomic mass is 9.77. The molecule has 0 spiro atoms. The van der Waals surface area contributed by atoms with Crippen LogP contribution in [0.4, 0.5) is 0 Å². The quantitative estimate of drug-likeness (QED) is 0.660. The van der Waals surface area contributed by atoms with E-state index in [2.05, 4.69) is 57.2 Å². The molecular formula is C15H20. The van der Waals surface area contributed by atoms with Crippen LogP contribution in [0.2, 0.25) is 0 Å². The van der Waals surface area contributed by atoms with E-state index in [9.17, 15) is 0 Å². The molecule has 1 aromatic carbocycles. The number of allylic oxidation sites excluding steroid dienone is 1. The van der Waals surface area contributed by atoms with Crippen LogP contribution in [-0.4, -0.2) is 0 Å². The highest BCUT2D eigenvalue weighted by atomic mass is 14.3. The number of fused-ring (bicyclic) bond motifs is 1. The topological polar surface area (TPSA) is 0 Å². The Labute approximate surface area is 93.0 Å². The van der Waals surface area contributed by atoms with Gasteiger partial charge in [0.1, 0.15) is 0 Å². The predicted molar refractivity (Wildman–Crippen MR) is 66.8 cm³/mol. The Kier molecular flexibility index (Phi) is 2.95. The summed E-state index contributed by atoms with van der Waals surface area (Å²) in [5.74, 6) is 2.18. The average molecular weight is 200 g/mol. The molecule has 15 heavy (non-hydrogen) atoms. The summed E-state index contributed by atoms with van der Waals surface area (Å²) in [6.07, 6.45) is 5.99. The van der Waals surface area contributed by atoms with E-state index in [1.54, 1.807) is 0 Å². The maximum Gasteiger partial charge on any atom is -0.0121 e. The van der Waals surface area contributed by atoms with Gasteiger partial charge in [-0.3, -0.25) is 0 Å². The van der Waals surface area contributed by atoms with Gasteiger partial charge >= 0.3 is 0 Å². The van der Waals surface area contributed by atoms with E-state index < -0.39 is 0 Å². The second kappa shape index (κ2) is 4.22. The van der Waals surface area contributed by atoms with Crippen molar-refractivity contribution >= 4 is 6.08 Å². The molecule has 1 aliphatic carbocycles. The van der Waals surface area contributed by atoms with E-state index in [-0.39, 0.29) is 0 Å². The molecule has 80 valence electrons. The van der Waals surface area contributed by atoms with Crippen molar-refractivity contribution < 1.29 is 0 Å². The summed E-state index contributed by atoms with van der Waals surface area (Å²) in [5, 5.41) is 0. The van der Waals surface area contributed by atoms with Crippen LogP contribution in [0, 0.1) is 11.8 Å². The third kappa shape index (κ3) is 2.14. The molecule has 0 fully saturated rings. The molecule has 0 saturated heterocycles. The van der Waals surface area contributed by atoms with Crippen LogP contribution in [0.25, 0.3) is 6.08 Å². The van der Waals surface area contributed by atoms with Crippen molar-refractivity contribution in [2.45, 2.75) is 33.1 Å². The molecule has 0 bridgehead atoms. The van der Waals surface area contributed by atoms with E-state index in [0.717, 1.165) is 11.8 Å². The molecule has 2 rings (SSSR count). The van der Waals surface area contributed by atoms with Crippen LogP contribution < -0.4 is 0 Å². The van der Waals surface area contributed by atoms with Crippen molar-refractivity contribution in [3.8, 4) is 0 Å². The van der Waals surface area contributed by atoms with Gasteiger partial charge in [0.2, 0.25) is 0 Å². The summed E-state index contributed by atoms with van der Waals surface area (Å²) in [6, 6.07) is 8.77. The molecule has 0 amide bonds. The summed E-state index contributed by atoms with van der Waals surface area (Å²) in [4.78, 5) is 0. The summed E-state index contributed by atoms with van der Waals surface area (Å²) >= 11 is 0. The lowest BCUT2D eigenvalue weighted by Crippen LogP contribution is -2.14. The molecule has 1 aromatic rings. The Bertz CT molecular complexity index is 360. The molecule has 0 nitrogen and oxygen atoms in total. The van der Waals surface area contributed by atoms with E-state index in [1.165, 1.54) is 17.5 Å². The first kappa shape index (κ1) is 10.5. The Balaban J connectivity index is 2.25. The first-order valence-corrected chi connectivity index (χ1v) is 5.95. The SMILES string of the molecule is CC(C)CC1C=Cc2ccccc2C1C. The van der Waals surface area contributed by atoms with E-state index in [4.69, 9.17) is 0 Å². The van der Waals surface area contributed by atoms with Crippen LogP contribution in [0.15, 0.2) is 30.3 Å². The normalized spacial score (nSPS) is 24.3. The van der Waals surface area contributed by atoms with E-state index in [1.807, 2.05) is 0 Å². The number of benzene rings is 1. The third-order valence-corrected chi connectivity index (χ3v) is 3.40. The number of hydrogen-bond acceptors (Lipinski definition) is 0.